The first-order valence-electron chi connectivity index (χ1n) is 2.79. The number of methoxy groups -OCH3 is 1. The molecule has 1 rings (SSSR count). The highest BCUT2D eigenvalue weighted by Crippen LogP contribution is 2.04. The second-order valence-corrected chi connectivity index (χ2v) is 3.31. The van der Waals surface area contributed by atoms with Crippen molar-refractivity contribution < 1.29 is 22.1 Å². The van der Waals surface area contributed by atoms with Crippen LogP contribution in [0.25, 0.3) is 0 Å². The molecule has 1 atom stereocenters. The van der Waals surface area contributed by atoms with Crippen molar-refractivity contribution in [1.82, 2.24) is 4.72 Å². The summed E-state index contributed by atoms with van der Waals surface area (Å²) in [4.78, 5) is 10.7. The van der Waals surface area contributed by atoms with Crippen LogP contribution in [0.2, 0.25) is 0 Å². The van der Waals surface area contributed by atoms with Crippen molar-refractivity contribution in [2.75, 3.05) is 13.7 Å². The second kappa shape index (κ2) is 2.76. The van der Waals surface area contributed by atoms with E-state index in [0.717, 1.165) is 0 Å². The maximum Gasteiger partial charge on any atom is 0.336 e. The maximum atomic E-state index is 10.7. The summed E-state index contributed by atoms with van der Waals surface area (Å²) < 4.78 is 31.5. The van der Waals surface area contributed by atoms with Crippen LogP contribution in [0.4, 0.5) is 0 Å². The van der Waals surface area contributed by atoms with Gasteiger partial charge in [-0.3, -0.25) is 8.98 Å². The van der Waals surface area contributed by atoms with E-state index >= 15 is 0 Å². The molecule has 1 N–H and O–H groups in total. The highest BCUT2D eigenvalue weighted by molar-refractivity contribution is 7.85. The van der Waals surface area contributed by atoms with Crippen molar-refractivity contribution in [3.63, 3.8) is 0 Å². The average Bonchev–Trinajstić information content (AvgIpc) is 2.29. The molecule has 0 radical (unpaired) electrons. The molecule has 1 fully saturated rings. The molecule has 0 aliphatic carbocycles. The molecule has 1 heterocycles. The van der Waals surface area contributed by atoms with E-state index in [1.165, 1.54) is 7.11 Å². The molecule has 64 valence electrons. The lowest BCUT2D eigenvalue weighted by Gasteiger charge is -2.01. The number of esters is 1. The quantitative estimate of drug-likeness (QED) is 0.492. The lowest BCUT2D eigenvalue weighted by Crippen LogP contribution is -2.35. The minimum absolute atomic E-state index is 0.199. The molecule has 0 spiro atoms. The van der Waals surface area contributed by atoms with Gasteiger partial charge in [-0.15, -0.1) is 0 Å². The standard InChI is InChI=1S/C4H7NO5S/c1-9-4(6)3-2-10-11(7,8)5-3/h3,5H,2H2,1H3. The van der Waals surface area contributed by atoms with E-state index in [2.05, 4.69) is 8.92 Å². The van der Waals surface area contributed by atoms with Gasteiger partial charge in [0.2, 0.25) is 0 Å². The molecule has 0 bridgehead atoms. The monoisotopic (exact) mass is 181 g/mol. The summed E-state index contributed by atoms with van der Waals surface area (Å²) in [5.41, 5.74) is 0. The predicted octanol–water partition coefficient (Wildman–Crippen LogP) is -1.61. The third kappa shape index (κ3) is 1.88. The van der Waals surface area contributed by atoms with Crippen LogP contribution in [0.3, 0.4) is 0 Å². The van der Waals surface area contributed by atoms with E-state index < -0.39 is 22.3 Å². The number of rotatable bonds is 1. The van der Waals surface area contributed by atoms with Crippen molar-refractivity contribution in [2.24, 2.45) is 0 Å². The summed E-state index contributed by atoms with van der Waals surface area (Å²) in [7, 11) is -2.53. The van der Waals surface area contributed by atoms with E-state index in [9.17, 15) is 13.2 Å². The third-order valence-corrected chi connectivity index (χ3v) is 2.18. The maximum absolute atomic E-state index is 10.7. The molecule has 0 aromatic heterocycles. The van der Waals surface area contributed by atoms with Crippen molar-refractivity contribution in [3.8, 4) is 0 Å². The van der Waals surface area contributed by atoms with Gasteiger partial charge in [-0.25, -0.2) is 0 Å². The fourth-order valence-corrected chi connectivity index (χ4v) is 1.55. The van der Waals surface area contributed by atoms with E-state index in [-0.39, 0.29) is 6.61 Å². The van der Waals surface area contributed by atoms with Crippen molar-refractivity contribution in [2.45, 2.75) is 6.04 Å². The van der Waals surface area contributed by atoms with Crippen LogP contribution in [0.1, 0.15) is 0 Å². The van der Waals surface area contributed by atoms with Gasteiger partial charge >= 0.3 is 16.3 Å². The number of ether oxygens (including phenoxy) is 1. The highest BCUT2D eigenvalue weighted by atomic mass is 32.2. The summed E-state index contributed by atoms with van der Waals surface area (Å²) in [5.74, 6) is -0.647. The highest BCUT2D eigenvalue weighted by Gasteiger charge is 2.33. The SMILES string of the molecule is COC(=O)C1COS(=O)(=O)N1. The van der Waals surface area contributed by atoms with E-state index in [4.69, 9.17) is 0 Å². The summed E-state index contributed by atoms with van der Waals surface area (Å²) in [5, 5.41) is 0. The molecule has 1 saturated heterocycles. The van der Waals surface area contributed by atoms with Gasteiger partial charge in [0.1, 0.15) is 6.04 Å². The average molecular weight is 181 g/mol. The van der Waals surface area contributed by atoms with Gasteiger partial charge < -0.3 is 4.74 Å². The predicted molar refractivity (Wildman–Crippen MR) is 33.8 cm³/mol. The first-order chi connectivity index (χ1) is 5.05. The molecule has 0 amide bonds. The molecule has 11 heavy (non-hydrogen) atoms. The molecule has 1 aliphatic rings. The Morgan fingerprint density at radius 2 is 2.36 bits per heavy atom. The molecule has 7 heteroatoms. The van der Waals surface area contributed by atoms with Gasteiger partial charge in [0.15, 0.2) is 0 Å². The zero-order valence-corrected chi connectivity index (χ0v) is 6.55. The molecular formula is C4H7NO5S. The zero-order chi connectivity index (χ0) is 8.48. The largest absolute Gasteiger partial charge is 0.468 e. The number of carbonyl (C=O) groups excluding carboxylic acids is 1. The van der Waals surface area contributed by atoms with Gasteiger partial charge in [0, 0.05) is 0 Å². The number of carbonyl (C=O) groups is 1. The van der Waals surface area contributed by atoms with Crippen LogP contribution in [0.15, 0.2) is 0 Å². The lowest BCUT2D eigenvalue weighted by molar-refractivity contribution is -0.142. The summed E-state index contributed by atoms with van der Waals surface area (Å²) in [6.07, 6.45) is 0. The van der Waals surface area contributed by atoms with E-state index in [1.54, 1.807) is 0 Å². The molecule has 1 aliphatic heterocycles. The second-order valence-electron chi connectivity index (χ2n) is 1.93. The van der Waals surface area contributed by atoms with E-state index in [1.807, 2.05) is 4.72 Å². The smallest absolute Gasteiger partial charge is 0.336 e. The van der Waals surface area contributed by atoms with Gasteiger partial charge in [-0.1, -0.05) is 0 Å². The third-order valence-electron chi connectivity index (χ3n) is 1.16. The topological polar surface area (TPSA) is 81.7 Å². The van der Waals surface area contributed by atoms with Crippen molar-refractivity contribution in [1.29, 1.82) is 0 Å². The molecule has 6 nitrogen and oxygen atoms in total. The molecular weight excluding hydrogens is 174 g/mol. The Bertz CT molecular complexity index is 258. The molecule has 0 aromatic carbocycles. The first kappa shape index (κ1) is 8.44. The number of hydrogen-bond donors (Lipinski definition) is 1. The fourth-order valence-electron chi connectivity index (χ4n) is 0.658. The van der Waals surface area contributed by atoms with Crippen molar-refractivity contribution >= 4 is 16.3 Å². The van der Waals surface area contributed by atoms with Gasteiger partial charge in [-0.2, -0.15) is 13.1 Å². The summed E-state index contributed by atoms with van der Waals surface area (Å²) in [6, 6.07) is -0.898. The Morgan fingerprint density at radius 1 is 1.73 bits per heavy atom. The van der Waals surface area contributed by atoms with E-state index in [0.29, 0.717) is 0 Å². The first-order valence-corrected chi connectivity index (χ1v) is 4.20. The van der Waals surface area contributed by atoms with Gasteiger partial charge in [0.25, 0.3) is 0 Å². The van der Waals surface area contributed by atoms with Gasteiger partial charge in [-0.05, 0) is 0 Å². The zero-order valence-electron chi connectivity index (χ0n) is 5.73. The minimum Gasteiger partial charge on any atom is -0.468 e. The van der Waals surface area contributed by atoms with Gasteiger partial charge in [0.05, 0.1) is 13.7 Å². The Morgan fingerprint density at radius 3 is 2.73 bits per heavy atom. The van der Waals surface area contributed by atoms with Crippen LogP contribution in [0, 0.1) is 0 Å². The Balaban J connectivity index is 2.62. The van der Waals surface area contributed by atoms with Crippen LogP contribution >= 0.6 is 0 Å². The molecule has 0 aromatic rings. The van der Waals surface area contributed by atoms with Crippen LogP contribution in [-0.4, -0.2) is 34.1 Å². The minimum atomic E-state index is -3.70. The fraction of sp³-hybridized carbons (Fsp3) is 0.750. The Hall–Kier alpha value is -0.660. The number of hydrogen-bond acceptors (Lipinski definition) is 5. The summed E-state index contributed by atoms with van der Waals surface area (Å²) in [6.45, 7) is -0.199. The normalized spacial score (nSPS) is 28.3. The number of nitrogens with one attached hydrogen (secondary N) is 1. The van der Waals surface area contributed by atoms with Crippen LogP contribution in [-0.2, 0) is 24.0 Å². The molecule has 0 saturated carbocycles. The Kier molecular flexibility index (Phi) is 2.12. The molecule has 1 unspecified atom stereocenters. The van der Waals surface area contributed by atoms with Crippen molar-refractivity contribution in [3.05, 3.63) is 0 Å². The Labute approximate surface area is 63.7 Å². The summed E-state index contributed by atoms with van der Waals surface area (Å²) >= 11 is 0. The van der Waals surface area contributed by atoms with Crippen LogP contribution < -0.4 is 4.72 Å². The lowest BCUT2D eigenvalue weighted by atomic mass is 10.3. The van der Waals surface area contributed by atoms with Crippen LogP contribution in [0.5, 0.6) is 0 Å².